The summed E-state index contributed by atoms with van der Waals surface area (Å²) < 4.78 is 2.02. The van der Waals surface area contributed by atoms with E-state index in [-0.39, 0.29) is 11.8 Å². The summed E-state index contributed by atoms with van der Waals surface area (Å²) in [6, 6.07) is 6.13. The quantitative estimate of drug-likeness (QED) is 0.672. The Labute approximate surface area is 116 Å². The molecule has 1 heterocycles. The van der Waals surface area contributed by atoms with Gasteiger partial charge in [0, 0.05) is 0 Å². The number of fused-ring (bicyclic) bond motifs is 1. The van der Waals surface area contributed by atoms with E-state index in [2.05, 4.69) is 11.6 Å². The number of thioether (sulfide) groups is 1. The van der Waals surface area contributed by atoms with Crippen molar-refractivity contribution in [1.82, 2.24) is 9.55 Å². The second kappa shape index (κ2) is 5.48. The molecular formula is C14H16N2O2S. The lowest BCUT2D eigenvalue weighted by Gasteiger charge is -2.12. The number of benzene rings is 1. The third-order valence-electron chi connectivity index (χ3n) is 2.89. The van der Waals surface area contributed by atoms with Gasteiger partial charge in [0.2, 0.25) is 0 Å². The number of hydrogen-bond donors (Lipinski definition) is 1. The molecule has 0 saturated carbocycles. The molecule has 5 heteroatoms. The van der Waals surface area contributed by atoms with Crippen LogP contribution in [0.4, 0.5) is 0 Å². The number of carbonyl (C=O) groups is 1. The molecule has 1 aromatic carbocycles. The monoisotopic (exact) mass is 276 g/mol. The normalized spacial score (nSPS) is 12.5. The van der Waals surface area contributed by atoms with Crippen molar-refractivity contribution in [3.8, 4) is 0 Å². The largest absolute Gasteiger partial charge is 0.481 e. The van der Waals surface area contributed by atoms with Crippen molar-refractivity contribution in [2.45, 2.75) is 25.0 Å². The Balaban J connectivity index is 2.53. The van der Waals surface area contributed by atoms with E-state index in [9.17, 15) is 4.79 Å². The first-order chi connectivity index (χ1) is 9.02. The van der Waals surface area contributed by atoms with Crippen LogP contribution in [0.5, 0.6) is 0 Å². The summed E-state index contributed by atoms with van der Waals surface area (Å²) in [5, 5.41) is 9.52. The molecule has 0 aliphatic carbocycles. The molecule has 2 aromatic rings. The second-order valence-corrected chi connectivity index (χ2v) is 5.36. The van der Waals surface area contributed by atoms with Gasteiger partial charge in [-0.25, -0.2) is 4.98 Å². The topological polar surface area (TPSA) is 55.1 Å². The molecule has 0 aliphatic heterocycles. The van der Waals surface area contributed by atoms with E-state index >= 15 is 0 Å². The molecule has 1 aromatic heterocycles. The highest BCUT2D eigenvalue weighted by molar-refractivity contribution is 7.99. The predicted molar refractivity (Wildman–Crippen MR) is 77.7 cm³/mol. The Hall–Kier alpha value is -1.75. The summed E-state index contributed by atoms with van der Waals surface area (Å²) in [6.07, 6.45) is 1.83. The Morgan fingerprint density at radius 2 is 2.37 bits per heavy atom. The lowest BCUT2D eigenvalue weighted by molar-refractivity contribution is -0.133. The maximum atomic E-state index is 10.7. The highest BCUT2D eigenvalue weighted by Crippen LogP contribution is 2.28. The zero-order chi connectivity index (χ0) is 14.0. The van der Waals surface area contributed by atoms with Gasteiger partial charge < -0.3 is 9.67 Å². The number of aryl methyl sites for hydroxylation is 1. The molecule has 1 atom stereocenters. The van der Waals surface area contributed by atoms with Gasteiger partial charge in [0.25, 0.3) is 0 Å². The number of allylic oxidation sites excluding steroid dienone is 1. The molecule has 1 unspecified atom stereocenters. The minimum Gasteiger partial charge on any atom is -0.481 e. The first-order valence-corrected chi connectivity index (χ1v) is 6.97. The van der Waals surface area contributed by atoms with Crippen LogP contribution in [0.3, 0.4) is 0 Å². The number of nitrogens with zero attached hydrogens (tertiary/aromatic N) is 2. The van der Waals surface area contributed by atoms with Crippen LogP contribution in [0.1, 0.15) is 18.5 Å². The first-order valence-electron chi connectivity index (χ1n) is 5.98. The van der Waals surface area contributed by atoms with Gasteiger partial charge in [-0.05, 0) is 31.5 Å². The summed E-state index contributed by atoms with van der Waals surface area (Å²) in [6.45, 7) is 7.83. The third kappa shape index (κ3) is 2.81. The molecule has 0 amide bonds. The number of carboxylic acids is 1. The number of aliphatic carboxylic acids is 1. The highest BCUT2D eigenvalue weighted by Gasteiger charge is 2.15. The van der Waals surface area contributed by atoms with E-state index in [4.69, 9.17) is 5.11 Å². The number of rotatable bonds is 5. The van der Waals surface area contributed by atoms with Crippen molar-refractivity contribution in [1.29, 1.82) is 0 Å². The Morgan fingerprint density at radius 3 is 3.00 bits per heavy atom. The summed E-state index contributed by atoms with van der Waals surface area (Å²) in [5.74, 6) is -0.836. The Bertz CT molecular complexity index is 634. The van der Waals surface area contributed by atoms with Gasteiger partial charge in [0.15, 0.2) is 5.16 Å². The van der Waals surface area contributed by atoms with Gasteiger partial charge in [-0.3, -0.25) is 4.79 Å². The maximum absolute atomic E-state index is 10.7. The highest BCUT2D eigenvalue weighted by atomic mass is 32.2. The van der Waals surface area contributed by atoms with Crippen LogP contribution < -0.4 is 0 Å². The molecule has 4 nitrogen and oxygen atoms in total. The molecule has 0 spiro atoms. The van der Waals surface area contributed by atoms with E-state index in [0.29, 0.717) is 0 Å². The van der Waals surface area contributed by atoms with Crippen LogP contribution in [0, 0.1) is 6.92 Å². The number of carboxylic acid groups (broad SMARTS) is 1. The van der Waals surface area contributed by atoms with Crippen molar-refractivity contribution in [3.63, 3.8) is 0 Å². The maximum Gasteiger partial charge on any atom is 0.313 e. The fraction of sp³-hybridized carbons (Fsp3) is 0.286. The molecular weight excluding hydrogens is 260 g/mol. The van der Waals surface area contributed by atoms with E-state index in [1.807, 2.05) is 42.7 Å². The zero-order valence-corrected chi connectivity index (χ0v) is 11.8. The van der Waals surface area contributed by atoms with Crippen molar-refractivity contribution < 1.29 is 9.90 Å². The third-order valence-corrected chi connectivity index (χ3v) is 3.82. The van der Waals surface area contributed by atoms with Crippen LogP contribution in [0.2, 0.25) is 0 Å². The molecule has 1 N–H and O–H groups in total. The average Bonchev–Trinajstić information content (AvgIpc) is 2.72. The van der Waals surface area contributed by atoms with Crippen LogP contribution in [0.25, 0.3) is 11.0 Å². The van der Waals surface area contributed by atoms with Gasteiger partial charge in [0.1, 0.15) is 0 Å². The van der Waals surface area contributed by atoms with Gasteiger partial charge in [-0.15, -0.1) is 6.58 Å². The predicted octanol–water partition coefficient (Wildman–Crippen LogP) is 3.27. The molecule has 0 saturated heterocycles. The molecule has 0 bridgehead atoms. The van der Waals surface area contributed by atoms with Crippen LogP contribution in [0.15, 0.2) is 36.0 Å². The molecule has 100 valence electrons. The molecule has 19 heavy (non-hydrogen) atoms. The van der Waals surface area contributed by atoms with Gasteiger partial charge in [0.05, 0.1) is 22.8 Å². The van der Waals surface area contributed by atoms with Gasteiger partial charge >= 0.3 is 5.97 Å². The standard InChI is InChI=1S/C14H16N2O2S/c1-4-10(3)16-12-6-5-9(2)7-11(12)15-14(16)19-8-13(17)18/h4-7,10H,1,8H2,2-3H3,(H,17,18). The summed E-state index contributed by atoms with van der Waals surface area (Å²) in [4.78, 5) is 15.2. The average molecular weight is 276 g/mol. The number of hydrogen-bond acceptors (Lipinski definition) is 3. The lowest BCUT2D eigenvalue weighted by Crippen LogP contribution is -2.05. The smallest absolute Gasteiger partial charge is 0.313 e. The minimum atomic E-state index is -0.842. The van der Waals surface area contributed by atoms with Crippen molar-refractivity contribution in [2.75, 3.05) is 5.75 Å². The fourth-order valence-corrected chi connectivity index (χ4v) is 2.73. The summed E-state index contributed by atoms with van der Waals surface area (Å²) in [5.41, 5.74) is 3.03. The Morgan fingerprint density at radius 1 is 1.63 bits per heavy atom. The molecule has 0 fully saturated rings. The first kappa shape index (κ1) is 13.7. The van der Waals surface area contributed by atoms with Crippen molar-refractivity contribution in [2.24, 2.45) is 0 Å². The molecule has 0 radical (unpaired) electrons. The van der Waals surface area contributed by atoms with Gasteiger partial charge in [-0.2, -0.15) is 0 Å². The van der Waals surface area contributed by atoms with Gasteiger partial charge in [-0.1, -0.05) is 23.9 Å². The van der Waals surface area contributed by atoms with E-state index < -0.39 is 5.97 Å². The zero-order valence-electron chi connectivity index (χ0n) is 11.0. The molecule has 2 rings (SSSR count). The summed E-state index contributed by atoms with van der Waals surface area (Å²) >= 11 is 1.23. The van der Waals surface area contributed by atoms with Crippen molar-refractivity contribution >= 4 is 28.8 Å². The lowest BCUT2D eigenvalue weighted by atomic mass is 10.2. The number of imidazole rings is 1. The van der Waals surface area contributed by atoms with E-state index in [1.165, 1.54) is 11.8 Å². The number of aromatic nitrogens is 2. The molecule has 0 aliphatic rings. The summed E-state index contributed by atoms with van der Waals surface area (Å²) in [7, 11) is 0. The van der Waals surface area contributed by atoms with Crippen LogP contribution in [-0.2, 0) is 4.79 Å². The van der Waals surface area contributed by atoms with Crippen LogP contribution in [-0.4, -0.2) is 26.4 Å². The second-order valence-electron chi connectivity index (χ2n) is 4.42. The van der Waals surface area contributed by atoms with E-state index in [1.54, 1.807) is 0 Å². The Kier molecular flexibility index (Phi) is 3.95. The minimum absolute atomic E-state index is 0.00612. The van der Waals surface area contributed by atoms with Crippen LogP contribution >= 0.6 is 11.8 Å². The van der Waals surface area contributed by atoms with Crippen molar-refractivity contribution in [3.05, 3.63) is 36.4 Å². The SMILES string of the molecule is C=CC(C)n1c(SCC(=O)O)nc2cc(C)ccc21. The van der Waals surface area contributed by atoms with E-state index in [0.717, 1.165) is 21.8 Å². The fourth-order valence-electron chi connectivity index (χ4n) is 1.91.